The normalized spacial score (nSPS) is 9.21. The molecule has 0 radical (unpaired) electrons. The largest absolute Gasteiger partial charge is 0.465 e. The van der Waals surface area contributed by atoms with E-state index in [1.807, 2.05) is 30.3 Å². The second kappa shape index (κ2) is 7.61. The van der Waals surface area contributed by atoms with Crippen LogP contribution in [0.3, 0.4) is 0 Å². The Morgan fingerprint density at radius 1 is 1.21 bits per heavy atom. The number of ether oxygens (including phenoxy) is 1. The predicted molar refractivity (Wildman–Crippen MR) is 76.5 cm³/mol. The standard InChI is InChI=1S/C7H5Cl2NO2.C6H7N/c1-12-7(11)4-2-3-10-6(9)5(4)8;7-6-4-2-1-3-5-6/h2-3H,1H3;1-5H,7H2. The third-order valence-corrected chi connectivity index (χ3v) is 2.82. The van der Waals surface area contributed by atoms with Crippen LogP contribution in [0.5, 0.6) is 0 Å². The van der Waals surface area contributed by atoms with Crippen molar-refractivity contribution in [3.8, 4) is 0 Å². The Bertz CT molecular complexity index is 548. The number of hydrogen-bond acceptors (Lipinski definition) is 4. The van der Waals surface area contributed by atoms with Gasteiger partial charge in [0, 0.05) is 11.9 Å². The summed E-state index contributed by atoms with van der Waals surface area (Å²) in [5, 5.41) is 0.214. The third kappa shape index (κ3) is 4.77. The molecule has 100 valence electrons. The molecule has 0 aliphatic heterocycles. The van der Waals surface area contributed by atoms with Crippen molar-refractivity contribution in [1.82, 2.24) is 4.98 Å². The summed E-state index contributed by atoms with van der Waals surface area (Å²) in [6, 6.07) is 10.9. The van der Waals surface area contributed by atoms with Crippen LogP contribution in [-0.4, -0.2) is 18.1 Å². The molecule has 0 bridgehead atoms. The maximum absolute atomic E-state index is 11.0. The molecule has 2 aromatic rings. The maximum atomic E-state index is 11.0. The highest BCUT2D eigenvalue weighted by Crippen LogP contribution is 2.23. The Balaban J connectivity index is 0.000000218. The fourth-order valence-corrected chi connectivity index (χ4v) is 1.49. The van der Waals surface area contributed by atoms with Gasteiger partial charge < -0.3 is 10.5 Å². The number of benzene rings is 1. The first-order valence-electron chi connectivity index (χ1n) is 5.25. The minimum atomic E-state index is -0.524. The molecule has 1 aromatic carbocycles. The molecule has 0 unspecified atom stereocenters. The number of nitrogen functional groups attached to an aromatic ring is 1. The van der Waals surface area contributed by atoms with Crippen LogP contribution in [-0.2, 0) is 4.74 Å². The van der Waals surface area contributed by atoms with Gasteiger partial charge >= 0.3 is 5.97 Å². The molecular formula is C13H12Cl2N2O2. The van der Waals surface area contributed by atoms with Crippen molar-refractivity contribution < 1.29 is 9.53 Å². The van der Waals surface area contributed by atoms with Gasteiger partial charge in [-0.1, -0.05) is 41.4 Å². The number of hydrogen-bond donors (Lipinski definition) is 1. The van der Waals surface area contributed by atoms with E-state index in [9.17, 15) is 4.79 Å². The van der Waals surface area contributed by atoms with E-state index in [1.165, 1.54) is 19.4 Å². The summed E-state index contributed by atoms with van der Waals surface area (Å²) in [5.41, 5.74) is 6.40. The average Bonchev–Trinajstić information content (AvgIpc) is 2.42. The molecule has 0 saturated heterocycles. The van der Waals surface area contributed by atoms with Crippen LogP contribution in [0, 0.1) is 0 Å². The van der Waals surface area contributed by atoms with Gasteiger partial charge in [-0.2, -0.15) is 0 Å². The van der Waals surface area contributed by atoms with Crippen molar-refractivity contribution in [3.05, 3.63) is 58.3 Å². The van der Waals surface area contributed by atoms with Gasteiger partial charge in [0.25, 0.3) is 0 Å². The topological polar surface area (TPSA) is 65.2 Å². The van der Waals surface area contributed by atoms with Crippen molar-refractivity contribution in [1.29, 1.82) is 0 Å². The Morgan fingerprint density at radius 2 is 1.84 bits per heavy atom. The highest BCUT2D eigenvalue weighted by Gasteiger charge is 2.12. The molecule has 2 rings (SSSR count). The molecule has 4 nitrogen and oxygen atoms in total. The number of methoxy groups -OCH3 is 1. The van der Waals surface area contributed by atoms with E-state index in [0.717, 1.165) is 5.69 Å². The lowest BCUT2D eigenvalue weighted by molar-refractivity contribution is 0.0601. The molecule has 0 saturated carbocycles. The number of esters is 1. The van der Waals surface area contributed by atoms with E-state index in [4.69, 9.17) is 28.9 Å². The quantitative estimate of drug-likeness (QED) is 0.497. The van der Waals surface area contributed by atoms with Crippen molar-refractivity contribution >= 4 is 34.9 Å². The molecule has 1 aromatic heterocycles. The van der Waals surface area contributed by atoms with Gasteiger partial charge in [-0.15, -0.1) is 0 Å². The van der Waals surface area contributed by atoms with E-state index in [-0.39, 0.29) is 15.7 Å². The first-order chi connectivity index (χ1) is 9.06. The molecule has 0 amide bonds. The Morgan fingerprint density at radius 3 is 2.32 bits per heavy atom. The highest BCUT2D eigenvalue weighted by molar-refractivity contribution is 6.42. The predicted octanol–water partition coefficient (Wildman–Crippen LogP) is 3.44. The minimum Gasteiger partial charge on any atom is -0.465 e. The molecule has 6 heteroatoms. The van der Waals surface area contributed by atoms with Gasteiger partial charge in [0.1, 0.15) is 5.15 Å². The van der Waals surface area contributed by atoms with Gasteiger partial charge in [-0.25, -0.2) is 9.78 Å². The van der Waals surface area contributed by atoms with Crippen LogP contribution in [0.2, 0.25) is 10.2 Å². The fourth-order valence-electron chi connectivity index (χ4n) is 1.14. The van der Waals surface area contributed by atoms with E-state index in [1.54, 1.807) is 0 Å². The van der Waals surface area contributed by atoms with Crippen LogP contribution in [0.4, 0.5) is 5.69 Å². The molecule has 0 aliphatic rings. The summed E-state index contributed by atoms with van der Waals surface area (Å²) in [5.74, 6) is -0.524. The molecule has 19 heavy (non-hydrogen) atoms. The SMILES string of the molecule is COC(=O)c1ccnc(Cl)c1Cl.Nc1ccccc1. The zero-order valence-corrected chi connectivity index (χ0v) is 11.7. The number of pyridine rings is 1. The van der Waals surface area contributed by atoms with Crippen molar-refractivity contribution in [3.63, 3.8) is 0 Å². The number of carbonyl (C=O) groups excluding carboxylic acids is 1. The lowest BCUT2D eigenvalue weighted by Crippen LogP contribution is -2.02. The molecule has 0 aliphatic carbocycles. The lowest BCUT2D eigenvalue weighted by Gasteiger charge is -2.01. The van der Waals surface area contributed by atoms with Crippen LogP contribution in [0.15, 0.2) is 42.6 Å². The molecule has 0 fully saturated rings. The third-order valence-electron chi connectivity index (χ3n) is 2.05. The molecule has 0 atom stereocenters. The average molecular weight is 299 g/mol. The van der Waals surface area contributed by atoms with Crippen molar-refractivity contribution in [2.24, 2.45) is 0 Å². The number of halogens is 2. The second-order valence-corrected chi connectivity index (χ2v) is 4.10. The monoisotopic (exact) mass is 298 g/mol. The van der Waals surface area contributed by atoms with Crippen LogP contribution >= 0.6 is 23.2 Å². The van der Waals surface area contributed by atoms with E-state index >= 15 is 0 Å². The second-order valence-electron chi connectivity index (χ2n) is 3.37. The lowest BCUT2D eigenvalue weighted by atomic mass is 10.3. The summed E-state index contributed by atoms with van der Waals surface area (Å²) in [4.78, 5) is 14.7. The number of anilines is 1. The molecule has 2 N–H and O–H groups in total. The zero-order valence-electron chi connectivity index (χ0n) is 10.1. The highest BCUT2D eigenvalue weighted by atomic mass is 35.5. The van der Waals surface area contributed by atoms with Gasteiger partial charge in [0.2, 0.25) is 0 Å². The number of nitrogens with two attached hydrogens (primary N) is 1. The minimum absolute atomic E-state index is 0.0968. The van der Waals surface area contributed by atoms with E-state index in [0.29, 0.717) is 0 Å². The Kier molecular flexibility index (Phi) is 6.12. The molecular weight excluding hydrogens is 287 g/mol. The van der Waals surface area contributed by atoms with Gasteiger partial charge in [-0.05, 0) is 18.2 Å². The van der Waals surface area contributed by atoms with Gasteiger partial charge in [0.15, 0.2) is 0 Å². The summed E-state index contributed by atoms with van der Waals surface area (Å²) in [7, 11) is 1.27. The zero-order chi connectivity index (χ0) is 14.3. The van der Waals surface area contributed by atoms with Crippen LogP contribution in [0.1, 0.15) is 10.4 Å². The molecule has 0 spiro atoms. The maximum Gasteiger partial charge on any atom is 0.339 e. The van der Waals surface area contributed by atoms with Crippen LogP contribution in [0.25, 0.3) is 0 Å². The number of rotatable bonds is 1. The summed E-state index contributed by atoms with van der Waals surface area (Å²) in [6.07, 6.45) is 1.39. The van der Waals surface area contributed by atoms with Crippen LogP contribution < -0.4 is 5.73 Å². The number of para-hydroxylation sites is 1. The van der Waals surface area contributed by atoms with Crippen molar-refractivity contribution in [2.75, 3.05) is 12.8 Å². The summed E-state index contributed by atoms with van der Waals surface area (Å²) < 4.78 is 4.46. The van der Waals surface area contributed by atoms with Crippen molar-refractivity contribution in [2.45, 2.75) is 0 Å². The molecule has 1 heterocycles. The smallest absolute Gasteiger partial charge is 0.339 e. The first-order valence-corrected chi connectivity index (χ1v) is 6.00. The Labute approximate surface area is 121 Å². The van der Waals surface area contributed by atoms with E-state index in [2.05, 4.69) is 9.72 Å². The van der Waals surface area contributed by atoms with E-state index < -0.39 is 5.97 Å². The number of nitrogens with zero attached hydrogens (tertiary/aromatic N) is 1. The summed E-state index contributed by atoms with van der Waals surface area (Å²) >= 11 is 11.2. The number of carbonyl (C=O) groups is 1. The fraction of sp³-hybridized carbons (Fsp3) is 0.0769. The summed E-state index contributed by atoms with van der Waals surface area (Å²) in [6.45, 7) is 0. The number of aromatic nitrogens is 1. The van der Waals surface area contributed by atoms with Gasteiger partial charge in [0.05, 0.1) is 17.7 Å². The first kappa shape index (κ1) is 15.3. The van der Waals surface area contributed by atoms with Gasteiger partial charge in [-0.3, -0.25) is 0 Å². The Hall–Kier alpha value is -1.78.